The van der Waals surface area contributed by atoms with Gasteiger partial charge >= 0.3 is 0 Å². The predicted octanol–water partition coefficient (Wildman–Crippen LogP) is 3.34. The Bertz CT molecular complexity index is 999. The van der Waals surface area contributed by atoms with Crippen LogP contribution in [0.2, 0.25) is 5.02 Å². The van der Waals surface area contributed by atoms with Crippen LogP contribution in [-0.2, 0) is 10.0 Å². The van der Waals surface area contributed by atoms with Crippen LogP contribution in [0.3, 0.4) is 0 Å². The summed E-state index contributed by atoms with van der Waals surface area (Å²) in [4.78, 5) is 8.15. The normalized spacial score (nSPS) is 11.5. The molecule has 3 rings (SSSR count). The third-order valence-electron chi connectivity index (χ3n) is 3.34. The van der Waals surface area contributed by atoms with Gasteiger partial charge in [-0.05, 0) is 43.2 Å². The van der Waals surface area contributed by atoms with E-state index in [4.69, 9.17) is 11.6 Å². The molecule has 0 aliphatic carbocycles. The summed E-state index contributed by atoms with van der Waals surface area (Å²) in [7, 11) is -3.84. The lowest BCUT2D eigenvalue weighted by Crippen LogP contribution is -2.17. The number of anilines is 1. The van der Waals surface area contributed by atoms with E-state index in [1.54, 1.807) is 30.5 Å². The highest BCUT2D eigenvalue weighted by atomic mass is 35.5. The quantitative estimate of drug-likeness (QED) is 0.772. The molecule has 0 aliphatic rings. The zero-order chi connectivity index (χ0) is 17.3. The van der Waals surface area contributed by atoms with Gasteiger partial charge in [-0.25, -0.2) is 9.97 Å². The fourth-order valence-electron chi connectivity index (χ4n) is 2.26. The second-order valence-corrected chi connectivity index (χ2v) is 7.43. The van der Waals surface area contributed by atoms with Crippen molar-refractivity contribution in [1.82, 2.24) is 14.5 Å². The van der Waals surface area contributed by atoms with Crippen molar-refractivity contribution in [1.29, 1.82) is 0 Å². The number of pyridine rings is 1. The van der Waals surface area contributed by atoms with Crippen molar-refractivity contribution in [2.45, 2.75) is 18.9 Å². The topological polar surface area (TPSA) is 76.9 Å². The summed E-state index contributed by atoms with van der Waals surface area (Å²) in [6.45, 7) is 3.74. The second kappa shape index (κ2) is 6.26. The number of hydrogen-bond acceptors (Lipinski definition) is 4. The Labute approximate surface area is 145 Å². The van der Waals surface area contributed by atoms with Crippen LogP contribution in [-0.4, -0.2) is 23.0 Å². The summed E-state index contributed by atoms with van der Waals surface area (Å²) in [5.74, 6) is 0.310. The maximum atomic E-state index is 12.7. The molecule has 0 amide bonds. The number of nitrogens with one attached hydrogen (secondary N) is 1. The predicted molar refractivity (Wildman–Crippen MR) is 93.1 cm³/mol. The Kier molecular flexibility index (Phi) is 4.29. The van der Waals surface area contributed by atoms with Gasteiger partial charge in [-0.1, -0.05) is 23.7 Å². The number of aryl methyl sites for hydroxylation is 2. The molecule has 0 saturated heterocycles. The smallest absolute Gasteiger partial charge is 0.278 e. The molecular formula is C16H15ClN4O2S. The average molecular weight is 363 g/mol. The largest absolute Gasteiger partial charge is 0.279 e. The summed E-state index contributed by atoms with van der Waals surface area (Å²) >= 11 is 6.20. The van der Waals surface area contributed by atoms with Gasteiger partial charge in [0.25, 0.3) is 10.0 Å². The second-order valence-electron chi connectivity index (χ2n) is 5.39. The molecule has 0 unspecified atom stereocenters. The molecule has 0 fully saturated rings. The van der Waals surface area contributed by atoms with Gasteiger partial charge in [0, 0.05) is 11.9 Å². The molecule has 0 atom stereocenters. The Morgan fingerprint density at radius 3 is 2.62 bits per heavy atom. The molecule has 1 aromatic carbocycles. The summed E-state index contributed by atoms with van der Waals surface area (Å²) in [6.07, 6.45) is 4.25. The molecule has 0 aliphatic heterocycles. The van der Waals surface area contributed by atoms with Crippen LogP contribution in [0.5, 0.6) is 0 Å². The molecule has 24 heavy (non-hydrogen) atoms. The highest BCUT2D eigenvalue weighted by Gasteiger charge is 2.22. The summed E-state index contributed by atoms with van der Waals surface area (Å²) in [5, 5.41) is 0.308. The van der Waals surface area contributed by atoms with Crippen LogP contribution in [0.4, 0.5) is 5.69 Å². The van der Waals surface area contributed by atoms with E-state index in [0.29, 0.717) is 16.5 Å². The number of aromatic nitrogens is 3. The van der Waals surface area contributed by atoms with Crippen molar-refractivity contribution in [3.05, 3.63) is 65.2 Å². The van der Waals surface area contributed by atoms with Crippen molar-refractivity contribution >= 4 is 27.3 Å². The summed E-state index contributed by atoms with van der Waals surface area (Å²) in [6, 6.07) is 8.81. The summed E-state index contributed by atoms with van der Waals surface area (Å²) in [5.41, 5.74) is 2.31. The third kappa shape index (κ3) is 3.27. The molecule has 2 aromatic heterocycles. The SMILES string of the molecule is Cc1cccc(NS(=O)(=O)c2cncn2-c2ncc(C)cc2Cl)c1. The lowest BCUT2D eigenvalue weighted by molar-refractivity contribution is 0.594. The van der Waals surface area contributed by atoms with Gasteiger partial charge in [0.05, 0.1) is 11.2 Å². The molecule has 124 valence electrons. The van der Waals surface area contributed by atoms with Crippen LogP contribution in [0.15, 0.2) is 54.1 Å². The Hall–Kier alpha value is -2.38. The zero-order valence-corrected chi connectivity index (χ0v) is 14.6. The first-order valence-corrected chi connectivity index (χ1v) is 8.97. The van der Waals surface area contributed by atoms with Crippen LogP contribution < -0.4 is 4.72 Å². The van der Waals surface area contributed by atoms with E-state index in [-0.39, 0.29) is 5.03 Å². The van der Waals surface area contributed by atoms with Gasteiger partial charge in [-0.3, -0.25) is 9.29 Å². The van der Waals surface area contributed by atoms with E-state index in [0.717, 1.165) is 11.1 Å². The number of nitrogens with zero attached hydrogens (tertiary/aromatic N) is 3. The number of halogens is 1. The van der Waals surface area contributed by atoms with Gasteiger partial charge in [-0.15, -0.1) is 0 Å². The van der Waals surface area contributed by atoms with Crippen LogP contribution in [0.25, 0.3) is 5.82 Å². The first-order valence-electron chi connectivity index (χ1n) is 7.11. The van der Waals surface area contributed by atoms with Gasteiger partial charge in [0.1, 0.15) is 6.33 Å². The highest BCUT2D eigenvalue weighted by molar-refractivity contribution is 7.92. The monoisotopic (exact) mass is 362 g/mol. The van der Waals surface area contributed by atoms with Gasteiger partial charge in [0.2, 0.25) is 0 Å². The number of benzene rings is 1. The minimum Gasteiger partial charge on any atom is -0.278 e. The minimum absolute atomic E-state index is 0.0396. The molecule has 8 heteroatoms. The molecular weight excluding hydrogens is 348 g/mol. The molecule has 3 aromatic rings. The Morgan fingerprint density at radius 2 is 1.92 bits per heavy atom. The fraction of sp³-hybridized carbons (Fsp3) is 0.125. The van der Waals surface area contributed by atoms with Crippen molar-refractivity contribution < 1.29 is 8.42 Å². The molecule has 0 spiro atoms. The van der Waals surface area contributed by atoms with E-state index in [1.807, 2.05) is 19.9 Å². The van der Waals surface area contributed by atoms with Gasteiger partial charge < -0.3 is 0 Å². The van der Waals surface area contributed by atoms with Crippen molar-refractivity contribution in [3.63, 3.8) is 0 Å². The van der Waals surface area contributed by atoms with Gasteiger partial charge in [-0.2, -0.15) is 8.42 Å². The van der Waals surface area contributed by atoms with Crippen LogP contribution in [0, 0.1) is 13.8 Å². The standard InChI is InChI=1S/C16H15ClN4O2S/c1-11-4-3-5-13(6-11)20-24(22,23)15-9-18-10-21(15)16-14(17)7-12(2)8-19-16/h3-10,20H,1-2H3. The van der Waals surface area contributed by atoms with E-state index >= 15 is 0 Å². The maximum Gasteiger partial charge on any atom is 0.279 e. The van der Waals surface area contributed by atoms with Crippen LogP contribution >= 0.6 is 11.6 Å². The first kappa shape index (κ1) is 16.5. The van der Waals surface area contributed by atoms with E-state index < -0.39 is 10.0 Å². The Morgan fingerprint density at radius 1 is 1.12 bits per heavy atom. The molecule has 1 N–H and O–H groups in total. The maximum absolute atomic E-state index is 12.7. The third-order valence-corrected chi connectivity index (χ3v) is 4.97. The Balaban J connectivity index is 2.03. The number of imidazole rings is 1. The molecule has 0 radical (unpaired) electrons. The molecule has 2 heterocycles. The minimum atomic E-state index is -3.84. The summed E-state index contributed by atoms with van der Waals surface area (Å²) < 4.78 is 29.3. The molecule has 0 bridgehead atoms. The lowest BCUT2D eigenvalue weighted by atomic mass is 10.2. The van der Waals surface area contributed by atoms with Crippen molar-refractivity contribution in [3.8, 4) is 5.82 Å². The number of rotatable bonds is 4. The molecule has 6 nitrogen and oxygen atoms in total. The van der Waals surface area contributed by atoms with E-state index in [2.05, 4.69) is 14.7 Å². The first-order chi connectivity index (χ1) is 11.4. The van der Waals surface area contributed by atoms with Crippen molar-refractivity contribution in [2.24, 2.45) is 0 Å². The average Bonchev–Trinajstić information content (AvgIpc) is 2.97. The van der Waals surface area contributed by atoms with E-state index in [1.165, 1.54) is 17.1 Å². The van der Waals surface area contributed by atoms with Gasteiger partial charge in [0.15, 0.2) is 10.8 Å². The highest BCUT2D eigenvalue weighted by Crippen LogP contribution is 2.24. The molecule has 0 saturated carbocycles. The number of sulfonamides is 1. The van der Waals surface area contributed by atoms with Crippen LogP contribution in [0.1, 0.15) is 11.1 Å². The fourth-order valence-corrected chi connectivity index (χ4v) is 3.71. The van der Waals surface area contributed by atoms with E-state index in [9.17, 15) is 8.42 Å². The zero-order valence-electron chi connectivity index (χ0n) is 13.1. The van der Waals surface area contributed by atoms with Crippen molar-refractivity contribution in [2.75, 3.05) is 4.72 Å². The lowest BCUT2D eigenvalue weighted by Gasteiger charge is -2.12. The number of hydrogen-bond donors (Lipinski definition) is 1.